The maximum absolute atomic E-state index is 12.9. The number of hydrogen-bond acceptors (Lipinski definition) is 3. The number of hydrogen-bond donors (Lipinski definition) is 1. The van der Waals surface area contributed by atoms with Gasteiger partial charge in [-0.3, -0.25) is 9.36 Å². The number of rotatable bonds is 5. The molecule has 0 aliphatic heterocycles. The lowest BCUT2D eigenvalue weighted by Crippen LogP contribution is -2.31. The second-order valence-corrected chi connectivity index (χ2v) is 7.29. The molecular formula is C17H24ClN3O. The molecule has 0 amide bonds. The lowest BCUT2D eigenvalue weighted by atomic mass is 9.96. The molecule has 0 aliphatic carbocycles. The van der Waals surface area contributed by atoms with E-state index in [0.29, 0.717) is 17.0 Å². The fraction of sp³-hybridized carbons (Fsp3) is 0.529. The van der Waals surface area contributed by atoms with Gasteiger partial charge in [-0.2, -0.15) is 0 Å². The van der Waals surface area contributed by atoms with Gasteiger partial charge >= 0.3 is 0 Å². The topological polar surface area (TPSA) is 46.9 Å². The van der Waals surface area contributed by atoms with Crippen LogP contribution in [0.25, 0.3) is 10.9 Å². The van der Waals surface area contributed by atoms with Gasteiger partial charge in [0.1, 0.15) is 5.82 Å². The summed E-state index contributed by atoms with van der Waals surface area (Å²) in [6.45, 7) is 7.93. The lowest BCUT2D eigenvalue weighted by molar-refractivity contribution is 0.330. The van der Waals surface area contributed by atoms with E-state index in [1.807, 2.05) is 17.7 Å². The van der Waals surface area contributed by atoms with Crippen molar-refractivity contribution in [1.29, 1.82) is 0 Å². The quantitative estimate of drug-likeness (QED) is 0.860. The van der Waals surface area contributed by atoms with E-state index in [1.165, 1.54) is 0 Å². The van der Waals surface area contributed by atoms with Crippen LogP contribution in [0.5, 0.6) is 0 Å². The molecule has 5 heteroatoms. The molecule has 4 nitrogen and oxygen atoms in total. The van der Waals surface area contributed by atoms with E-state index in [1.54, 1.807) is 12.1 Å². The fourth-order valence-corrected chi connectivity index (χ4v) is 2.66. The maximum atomic E-state index is 12.9. The number of nitrogens with zero attached hydrogens (tertiary/aromatic N) is 2. The normalized spacial score (nSPS) is 12.0. The molecule has 0 spiro atoms. The van der Waals surface area contributed by atoms with Gasteiger partial charge in [0.15, 0.2) is 0 Å². The monoisotopic (exact) mass is 321 g/mol. The van der Waals surface area contributed by atoms with Crippen LogP contribution in [-0.2, 0) is 13.0 Å². The van der Waals surface area contributed by atoms with E-state index in [9.17, 15) is 4.79 Å². The molecule has 0 aliphatic rings. The van der Waals surface area contributed by atoms with Gasteiger partial charge in [0.25, 0.3) is 5.56 Å². The fourth-order valence-electron chi connectivity index (χ4n) is 2.49. The Kier molecular flexibility index (Phi) is 5.24. The number of fused-ring (bicyclic) bond motifs is 1. The highest BCUT2D eigenvalue weighted by Crippen LogP contribution is 2.20. The van der Waals surface area contributed by atoms with Crippen LogP contribution < -0.4 is 10.9 Å². The average Bonchev–Trinajstić information content (AvgIpc) is 2.43. The third-order valence-electron chi connectivity index (χ3n) is 3.45. The Balaban J connectivity index is 2.56. The second kappa shape index (κ2) is 6.80. The minimum absolute atomic E-state index is 0.00174. The molecule has 1 aromatic carbocycles. The summed E-state index contributed by atoms with van der Waals surface area (Å²) in [4.78, 5) is 17.6. The van der Waals surface area contributed by atoms with Crippen molar-refractivity contribution in [3.05, 3.63) is 39.4 Å². The molecule has 0 unspecified atom stereocenters. The summed E-state index contributed by atoms with van der Waals surface area (Å²) in [5.74, 6) is 0.852. The van der Waals surface area contributed by atoms with Crippen molar-refractivity contribution in [3.8, 4) is 0 Å². The Labute approximate surface area is 136 Å². The molecule has 2 aromatic rings. The number of aromatic nitrogens is 2. The van der Waals surface area contributed by atoms with Crippen molar-refractivity contribution >= 4 is 22.5 Å². The van der Waals surface area contributed by atoms with E-state index >= 15 is 0 Å². The highest BCUT2D eigenvalue weighted by Gasteiger charge is 2.17. The summed E-state index contributed by atoms with van der Waals surface area (Å²) in [6.07, 6.45) is 1.73. The van der Waals surface area contributed by atoms with Crippen LogP contribution in [-0.4, -0.2) is 23.1 Å². The summed E-state index contributed by atoms with van der Waals surface area (Å²) in [5, 5.41) is 4.29. The van der Waals surface area contributed by atoms with Crippen LogP contribution in [0.2, 0.25) is 5.02 Å². The Morgan fingerprint density at radius 3 is 2.68 bits per heavy atom. The van der Waals surface area contributed by atoms with Crippen molar-refractivity contribution in [3.63, 3.8) is 0 Å². The van der Waals surface area contributed by atoms with E-state index < -0.39 is 0 Å². The predicted octanol–water partition coefficient (Wildman–Crippen LogP) is 3.25. The first-order valence-corrected chi connectivity index (χ1v) is 8.03. The summed E-state index contributed by atoms with van der Waals surface area (Å²) in [7, 11) is 1.93. The van der Waals surface area contributed by atoms with Gasteiger partial charge in [0.2, 0.25) is 0 Å². The molecule has 120 valence electrons. The van der Waals surface area contributed by atoms with E-state index in [4.69, 9.17) is 16.6 Å². The third-order valence-corrected chi connectivity index (χ3v) is 3.69. The Hall–Kier alpha value is -1.39. The minimum atomic E-state index is 0.00174. The highest BCUT2D eigenvalue weighted by molar-refractivity contribution is 6.31. The van der Waals surface area contributed by atoms with Gasteiger partial charge in [0.05, 0.1) is 10.9 Å². The smallest absolute Gasteiger partial charge is 0.261 e. The predicted molar refractivity (Wildman–Crippen MR) is 92.7 cm³/mol. The molecular weight excluding hydrogens is 298 g/mol. The standard InChI is InChI=1S/C17H24ClN3O/c1-17(2,3)11-21-15(6-5-9-19-4)20-14-8-7-12(18)10-13(14)16(21)22/h7-8,10,19H,5-6,9,11H2,1-4H3. The molecule has 1 heterocycles. The first kappa shape index (κ1) is 17.0. The van der Waals surface area contributed by atoms with Gasteiger partial charge in [-0.05, 0) is 43.6 Å². The second-order valence-electron chi connectivity index (χ2n) is 6.85. The molecule has 0 bridgehead atoms. The van der Waals surface area contributed by atoms with Gasteiger partial charge in [-0.1, -0.05) is 32.4 Å². The van der Waals surface area contributed by atoms with Crippen molar-refractivity contribution < 1.29 is 0 Å². The number of halogens is 1. The van der Waals surface area contributed by atoms with Gasteiger partial charge in [-0.25, -0.2) is 4.98 Å². The molecule has 0 radical (unpaired) electrons. The van der Waals surface area contributed by atoms with Crippen LogP contribution in [0, 0.1) is 5.41 Å². The van der Waals surface area contributed by atoms with Crippen LogP contribution >= 0.6 is 11.6 Å². The first-order chi connectivity index (χ1) is 10.3. The molecule has 2 rings (SSSR count). The summed E-state index contributed by atoms with van der Waals surface area (Å²) in [5.41, 5.74) is 0.732. The van der Waals surface area contributed by atoms with E-state index in [0.717, 1.165) is 30.7 Å². The highest BCUT2D eigenvalue weighted by atomic mass is 35.5. The maximum Gasteiger partial charge on any atom is 0.261 e. The number of aryl methyl sites for hydroxylation is 1. The Morgan fingerprint density at radius 2 is 2.05 bits per heavy atom. The van der Waals surface area contributed by atoms with Gasteiger partial charge < -0.3 is 5.32 Å². The summed E-state index contributed by atoms with van der Waals surface area (Å²) >= 11 is 6.03. The molecule has 1 aromatic heterocycles. The van der Waals surface area contributed by atoms with Crippen molar-refractivity contribution in [2.75, 3.05) is 13.6 Å². The number of benzene rings is 1. The third kappa shape index (κ3) is 4.08. The van der Waals surface area contributed by atoms with Crippen LogP contribution in [0.4, 0.5) is 0 Å². The zero-order chi connectivity index (χ0) is 16.3. The number of nitrogens with one attached hydrogen (secondary N) is 1. The van der Waals surface area contributed by atoms with Crippen molar-refractivity contribution in [2.45, 2.75) is 40.2 Å². The van der Waals surface area contributed by atoms with Crippen LogP contribution in [0.15, 0.2) is 23.0 Å². The van der Waals surface area contributed by atoms with Crippen molar-refractivity contribution in [2.24, 2.45) is 5.41 Å². The largest absolute Gasteiger partial charge is 0.320 e. The van der Waals surface area contributed by atoms with Gasteiger partial charge in [-0.15, -0.1) is 0 Å². The SMILES string of the molecule is CNCCCc1nc2ccc(Cl)cc2c(=O)n1CC(C)(C)C. The molecule has 1 N–H and O–H groups in total. The first-order valence-electron chi connectivity index (χ1n) is 7.65. The van der Waals surface area contributed by atoms with E-state index in [-0.39, 0.29) is 11.0 Å². The van der Waals surface area contributed by atoms with E-state index in [2.05, 4.69) is 26.1 Å². The molecule has 0 atom stereocenters. The zero-order valence-electron chi connectivity index (χ0n) is 13.7. The Bertz CT molecular complexity index is 716. The van der Waals surface area contributed by atoms with Gasteiger partial charge in [0, 0.05) is 18.0 Å². The zero-order valence-corrected chi connectivity index (χ0v) is 14.5. The van der Waals surface area contributed by atoms with Crippen LogP contribution in [0.3, 0.4) is 0 Å². The summed E-state index contributed by atoms with van der Waals surface area (Å²) < 4.78 is 1.81. The average molecular weight is 322 g/mol. The van der Waals surface area contributed by atoms with Crippen LogP contribution in [0.1, 0.15) is 33.0 Å². The molecule has 22 heavy (non-hydrogen) atoms. The molecule has 0 fully saturated rings. The lowest BCUT2D eigenvalue weighted by Gasteiger charge is -2.22. The Morgan fingerprint density at radius 1 is 1.32 bits per heavy atom. The molecule has 0 saturated heterocycles. The van der Waals surface area contributed by atoms with Crippen molar-refractivity contribution in [1.82, 2.24) is 14.9 Å². The minimum Gasteiger partial charge on any atom is -0.320 e. The molecule has 0 saturated carbocycles. The summed E-state index contributed by atoms with van der Waals surface area (Å²) in [6, 6.07) is 5.31.